The fourth-order valence-corrected chi connectivity index (χ4v) is 7.11. The largest absolute Gasteiger partial charge is 0.342 e. The van der Waals surface area contributed by atoms with Crippen molar-refractivity contribution in [3.8, 4) is 0 Å². The molecule has 0 N–H and O–H groups in total. The first kappa shape index (κ1) is 16.6. The van der Waals surface area contributed by atoms with E-state index >= 15 is 0 Å². The number of allylic oxidation sites excluding steroid dienone is 2. The highest BCUT2D eigenvalue weighted by atomic mass is 35.5. The second-order valence-corrected chi connectivity index (χ2v) is 9.35. The molecular formula is C20H28ClNO2. The summed E-state index contributed by atoms with van der Waals surface area (Å²) < 4.78 is 0. The van der Waals surface area contributed by atoms with E-state index in [1.807, 2.05) is 11.9 Å². The van der Waals surface area contributed by atoms with E-state index in [9.17, 15) is 9.59 Å². The predicted octanol–water partition coefficient (Wildman–Crippen LogP) is 4.30. The maximum Gasteiger partial charge on any atom is 0.225 e. The van der Waals surface area contributed by atoms with Gasteiger partial charge < -0.3 is 4.90 Å². The summed E-state index contributed by atoms with van der Waals surface area (Å²) in [5, 5.41) is -0.144. The fourth-order valence-electron chi connectivity index (χ4n) is 6.76. The molecule has 1 amide bonds. The molecule has 3 nitrogen and oxygen atoms in total. The zero-order chi connectivity index (χ0) is 17.3. The molecule has 3 fully saturated rings. The van der Waals surface area contributed by atoms with Crippen molar-refractivity contribution >= 4 is 22.8 Å². The van der Waals surface area contributed by atoms with Gasteiger partial charge in [0.25, 0.3) is 0 Å². The minimum Gasteiger partial charge on any atom is -0.342 e. The number of amides is 1. The summed E-state index contributed by atoms with van der Waals surface area (Å²) in [6.45, 7) is 4.68. The van der Waals surface area contributed by atoms with Crippen LogP contribution in [0.2, 0.25) is 0 Å². The van der Waals surface area contributed by atoms with Crippen molar-refractivity contribution < 1.29 is 9.59 Å². The van der Waals surface area contributed by atoms with Gasteiger partial charge in [0, 0.05) is 25.4 Å². The van der Waals surface area contributed by atoms with E-state index in [1.165, 1.54) is 0 Å². The Morgan fingerprint density at radius 1 is 1.12 bits per heavy atom. The van der Waals surface area contributed by atoms with Crippen LogP contribution in [0.1, 0.15) is 65.2 Å². The third-order valence-electron chi connectivity index (χ3n) is 8.16. The normalized spacial score (nSPS) is 44.9. The van der Waals surface area contributed by atoms with E-state index in [-0.39, 0.29) is 22.0 Å². The standard InChI is InChI=1S/C20H28ClNO2/c1-19-10-8-14-12(13(19)5-6-15(19)18(21)24)4-7-16-20(14,2)11-9-17(23)22(16)3/h14-16H,4-11H2,1-3H3/t14-,15+,16?,19-,20+/m0/s1. The molecule has 4 aliphatic rings. The van der Waals surface area contributed by atoms with Gasteiger partial charge in [-0.05, 0) is 73.3 Å². The Bertz CT molecular complexity index is 642. The fraction of sp³-hybridized carbons (Fsp3) is 0.800. The maximum atomic E-state index is 12.2. The third-order valence-corrected chi connectivity index (χ3v) is 8.42. The van der Waals surface area contributed by atoms with Gasteiger partial charge in [-0.2, -0.15) is 0 Å². The molecule has 0 aromatic carbocycles. The summed E-state index contributed by atoms with van der Waals surface area (Å²) in [5.74, 6) is 0.894. The van der Waals surface area contributed by atoms with Gasteiger partial charge in [0.2, 0.25) is 11.1 Å². The number of rotatable bonds is 1. The summed E-state index contributed by atoms with van der Waals surface area (Å²) in [4.78, 5) is 26.1. The molecule has 0 bridgehead atoms. The maximum absolute atomic E-state index is 12.2. The molecule has 0 spiro atoms. The van der Waals surface area contributed by atoms with Crippen molar-refractivity contribution in [3.05, 3.63) is 11.1 Å². The van der Waals surface area contributed by atoms with Crippen LogP contribution in [0.5, 0.6) is 0 Å². The quantitative estimate of drug-likeness (QED) is 0.523. The van der Waals surface area contributed by atoms with Crippen LogP contribution in [0.15, 0.2) is 11.1 Å². The highest BCUT2D eigenvalue weighted by Crippen LogP contribution is 2.63. The van der Waals surface area contributed by atoms with Crippen LogP contribution in [0.4, 0.5) is 0 Å². The lowest BCUT2D eigenvalue weighted by atomic mass is 9.52. The van der Waals surface area contributed by atoms with Crippen molar-refractivity contribution in [2.45, 2.75) is 71.3 Å². The lowest BCUT2D eigenvalue weighted by Gasteiger charge is -2.57. The van der Waals surface area contributed by atoms with Crippen molar-refractivity contribution in [1.82, 2.24) is 4.90 Å². The summed E-state index contributed by atoms with van der Waals surface area (Å²) in [7, 11) is 1.99. The van der Waals surface area contributed by atoms with Crippen LogP contribution >= 0.6 is 11.6 Å². The summed E-state index contributed by atoms with van der Waals surface area (Å²) in [6, 6.07) is 0.379. The second-order valence-electron chi connectivity index (χ2n) is 8.97. The van der Waals surface area contributed by atoms with Crippen molar-refractivity contribution in [3.63, 3.8) is 0 Å². The lowest BCUT2D eigenvalue weighted by Crippen LogP contribution is -2.58. The van der Waals surface area contributed by atoms with Crippen molar-refractivity contribution in [1.29, 1.82) is 0 Å². The molecule has 2 saturated carbocycles. The van der Waals surface area contributed by atoms with Gasteiger partial charge in [0.15, 0.2) is 0 Å². The van der Waals surface area contributed by atoms with Gasteiger partial charge in [-0.3, -0.25) is 9.59 Å². The number of piperidine rings is 1. The van der Waals surface area contributed by atoms with Gasteiger partial charge in [-0.1, -0.05) is 25.0 Å². The summed E-state index contributed by atoms with van der Waals surface area (Å²) >= 11 is 5.94. The molecule has 4 heteroatoms. The van der Waals surface area contributed by atoms with Gasteiger partial charge in [0.1, 0.15) is 0 Å². The summed E-state index contributed by atoms with van der Waals surface area (Å²) in [5.41, 5.74) is 3.38. The van der Waals surface area contributed by atoms with Gasteiger partial charge in [0.05, 0.1) is 0 Å². The Kier molecular flexibility index (Phi) is 3.69. The Hall–Kier alpha value is -0.830. The van der Waals surface area contributed by atoms with Crippen LogP contribution in [0.25, 0.3) is 0 Å². The SMILES string of the molecule is CN1C(=O)CC[C@@]2(C)C1CCC1=C3CC[C@H](C(=O)Cl)[C@@]3(C)CC[C@@H]12. The Morgan fingerprint density at radius 2 is 1.88 bits per heavy atom. The molecule has 5 atom stereocenters. The van der Waals surface area contributed by atoms with Crippen LogP contribution in [-0.4, -0.2) is 29.1 Å². The molecule has 1 aliphatic heterocycles. The summed E-state index contributed by atoms with van der Waals surface area (Å²) in [6.07, 6.45) is 8.04. The predicted molar refractivity (Wildman–Crippen MR) is 94.6 cm³/mol. The number of likely N-dealkylation sites (tertiary alicyclic amines) is 1. The van der Waals surface area contributed by atoms with Crippen LogP contribution in [0, 0.1) is 22.7 Å². The average molecular weight is 350 g/mol. The van der Waals surface area contributed by atoms with Crippen LogP contribution in [-0.2, 0) is 9.59 Å². The molecule has 1 unspecified atom stereocenters. The van der Waals surface area contributed by atoms with Gasteiger partial charge in [-0.25, -0.2) is 0 Å². The zero-order valence-corrected chi connectivity index (χ0v) is 15.8. The number of fused-ring (bicyclic) bond motifs is 4. The molecule has 4 rings (SSSR count). The van der Waals surface area contributed by atoms with Crippen LogP contribution in [0.3, 0.4) is 0 Å². The number of carbonyl (C=O) groups excluding carboxylic acids is 2. The van der Waals surface area contributed by atoms with Crippen molar-refractivity contribution in [2.24, 2.45) is 22.7 Å². The van der Waals surface area contributed by atoms with Gasteiger partial charge >= 0.3 is 0 Å². The molecule has 0 radical (unpaired) electrons. The molecule has 1 heterocycles. The van der Waals surface area contributed by atoms with E-state index in [0.717, 1.165) is 44.9 Å². The molecular weight excluding hydrogens is 322 g/mol. The molecule has 1 saturated heterocycles. The topological polar surface area (TPSA) is 37.4 Å². The number of hydrogen-bond donors (Lipinski definition) is 0. The highest BCUT2D eigenvalue weighted by Gasteiger charge is 2.57. The first-order valence-electron chi connectivity index (χ1n) is 9.46. The molecule has 0 aromatic rings. The van der Waals surface area contributed by atoms with E-state index < -0.39 is 0 Å². The van der Waals surface area contributed by atoms with Crippen molar-refractivity contribution in [2.75, 3.05) is 7.05 Å². The molecule has 3 aliphatic carbocycles. The van der Waals surface area contributed by atoms with Crippen LogP contribution < -0.4 is 0 Å². The van der Waals surface area contributed by atoms with E-state index in [0.29, 0.717) is 24.3 Å². The monoisotopic (exact) mass is 349 g/mol. The lowest BCUT2D eigenvalue weighted by molar-refractivity contribution is -0.144. The highest BCUT2D eigenvalue weighted by molar-refractivity contribution is 6.64. The minimum atomic E-state index is -0.144. The Morgan fingerprint density at radius 3 is 2.58 bits per heavy atom. The van der Waals surface area contributed by atoms with E-state index in [4.69, 9.17) is 11.6 Å². The van der Waals surface area contributed by atoms with E-state index in [2.05, 4.69) is 13.8 Å². The first-order valence-corrected chi connectivity index (χ1v) is 9.84. The smallest absolute Gasteiger partial charge is 0.225 e. The van der Waals surface area contributed by atoms with Gasteiger partial charge in [-0.15, -0.1) is 0 Å². The Labute approximate surface area is 149 Å². The third kappa shape index (κ3) is 2.03. The number of nitrogens with zero attached hydrogens (tertiary/aromatic N) is 1. The second kappa shape index (κ2) is 5.33. The minimum absolute atomic E-state index is 0.00348. The average Bonchev–Trinajstić information content (AvgIpc) is 2.89. The van der Waals surface area contributed by atoms with E-state index in [1.54, 1.807) is 11.1 Å². The zero-order valence-electron chi connectivity index (χ0n) is 15.0. The Balaban J connectivity index is 1.74. The molecule has 24 heavy (non-hydrogen) atoms. The number of hydrogen-bond acceptors (Lipinski definition) is 2. The first-order chi connectivity index (χ1) is 11.3. The molecule has 0 aromatic heterocycles. The molecule has 132 valence electrons. The number of carbonyl (C=O) groups is 2. The number of halogens is 1.